The van der Waals surface area contributed by atoms with Gasteiger partial charge < -0.3 is 10.4 Å². The van der Waals surface area contributed by atoms with E-state index in [1.54, 1.807) is 13.8 Å². The zero-order valence-electron chi connectivity index (χ0n) is 13.1. The van der Waals surface area contributed by atoms with Gasteiger partial charge in [-0.25, -0.2) is 4.79 Å². The number of nitrogens with one attached hydrogen (secondary N) is 2. The number of carboxylic acid groups (broad SMARTS) is 1. The lowest BCUT2D eigenvalue weighted by Crippen LogP contribution is -2.44. The number of hydrogen-bond acceptors (Lipinski definition) is 3. The van der Waals surface area contributed by atoms with Gasteiger partial charge in [-0.1, -0.05) is 33.6 Å². The highest BCUT2D eigenvalue weighted by Crippen LogP contribution is 2.36. The predicted molar refractivity (Wildman–Crippen MR) is 78.8 cm³/mol. The van der Waals surface area contributed by atoms with E-state index in [-0.39, 0.29) is 18.3 Å². The van der Waals surface area contributed by atoms with Crippen LogP contribution in [0.3, 0.4) is 0 Å². The first-order valence-electron chi connectivity index (χ1n) is 7.41. The smallest absolute Gasteiger partial charge is 0.321 e. The maximum atomic E-state index is 11.8. The van der Waals surface area contributed by atoms with E-state index in [9.17, 15) is 14.4 Å². The SMILES string of the molecule is CC(C)(CC(=O)O)CC(=O)NC(=O)NCC1(C)CCCC1. The van der Waals surface area contributed by atoms with E-state index in [0.29, 0.717) is 6.54 Å². The van der Waals surface area contributed by atoms with Crippen molar-refractivity contribution in [2.45, 2.75) is 59.3 Å². The fraction of sp³-hybridized carbons (Fsp3) is 0.800. The highest BCUT2D eigenvalue weighted by atomic mass is 16.4. The molecule has 3 amide bonds. The molecule has 0 aromatic carbocycles. The fourth-order valence-corrected chi connectivity index (χ4v) is 2.82. The zero-order chi connectivity index (χ0) is 16.1. The average molecular weight is 298 g/mol. The van der Waals surface area contributed by atoms with Crippen LogP contribution in [0.25, 0.3) is 0 Å². The Morgan fingerprint density at radius 2 is 1.71 bits per heavy atom. The molecule has 0 bridgehead atoms. The molecule has 120 valence electrons. The van der Waals surface area contributed by atoms with Gasteiger partial charge in [0.05, 0.1) is 6.42 Å². The molecule has 0 aliphatic heterocycles. The minimum absolute atomic E-state index is 0.00396. The summed E-state index contributed by atoms with van der Waals surface area (Å²) in [5.74, 6) is -1.40. The van der Waals surface area contributed by atoms with Crippen molar-refractivity contribution in [2.24, 2.45) is 10.8 Å². The molecular formula is C15H26N2O4. The molecule has 1 aliphatic rings. The van der Waals surface area contributed by atoms with Gasteiger partial charge in [-0.3, -0.25) is 14.9 Å². The molecule has 0 aromatic heterocycles. The summed E-state index contributed by atoms with van der Waals surface area (Å²) >= 11 is 0. The molecule has 0 saturated heterocycles. The Balaban J connectivity index is 2.33. The predicted octanol–water partition coefficient (Wildman–Crippen LogP) is 2.28. The summed E-state index contributed by atoms with van der Waals surface area (Å²) in [6.45, 7) is 6.08. The van der Waals surface area contributed by atoms with Crippen molar-refractivity contribution >= 4 is 17.9 Å². The Morgan fingerprint density at radius 1 is 1.14 bits per heavy atom. The highest BCUT2D eigenvalue weighted by Gasteiger charge is 2.29. The van der Waals surface area contributed by atoms with Crippen molar-refractivity contribution < 1.29 is 19.5 Å². The third kappa shape index (κ3) is 6.60. The second kappa shape index (κ2) is 6.91. The van der Waals surface area contributed by atoms with Gasteiger partial charge in [0.1, 0.15) is 0 Å². The molecule has 0 aromatic rings. The summed E-state index contributed by atoms with van der Waals surface area (Å²) in [6.07, 6.45) is 4.44. The van der Waals surface area contributed by atoms with Crippen LogP contribution in [0.5, 0.6) is 0 Å². The average Bonchev–Trinajstić information content (AvgIpc) is 2.71. The van der Waals surface area contributed by atoms with Gasteiger partial charge in [0.15, 0.2) is 0 Å². The van der Waals surface area contributed by atoms with Crippen LogP contribution < -0.4 is 10.6 Å². The largest absolute Gasteiger partial charge is 0.481 e. The molecule has 0 unspecified atom stereocenters. The summed E-state index contributed by atoms with van der Waals surface area (Å²) in [5.41, 5.74) is -0.545. The van der Waals surface area contributed by atoms with Gasteiger partial charge in [-0.05, 0) is 23.7 Å². The van der Waals surface area contributed by atoms with Crippen LogP contribution in [0.1, 0.15) is 59.3 Å². The summed E-state index contributed by atoms with van der Waals surface area (Å²) in [5, 5.41) is 13.8. The Bertz CT molecular complexity index is 412. The summed E-state index contributed by atoms with van der Waals surface area (Å²) in [4.78, 5) is 34.2. The molecule has 0 radical (unpaired) electrons. The second-order valence-electron chi connectivity index (χ2n) is 7.16. The number of rotatable bonds is 6. The van der Waals surface area contributed by atoms with Crippen LogP contribution in [0.4, 0.5) is 4.79 Å². The Hall–Kier alpha value is -1.59. The number of carbonyl (C=O) groups is 3. The molecule has 1 rings (SSSR count). The van der Waals surface area contributed by atoms with E-state index >= 15 is 0 Å². The van der Waals surface area contributed by atoms with E-state index in [4.69, 9.17) is 5.11 Å². The van der Waals surface area contributed by atoms with Gasteiger partial charge in [-0.15, -0.1) is 0 Å². The molecule has 3 N–H and O–H groups in total. The van der Waals surface area contributed by atoms with Crippen molar-refractivity contribution in [1.82, 2.24) is 10.6 Å². The van der Waals surface area contributed by atoms with E-state index < -0.39 is 23.3 Å². The van der Waals surface area contributed by atoms with Crippen molar-refractivity contribution in [1.29, 1.82) is 0 Å². The Morgan fingerprint density at radius 3 is 2.24 bits per heavy atom. The summed E-state index contributed by atoms with van der Waals surface area (Å²) < 4.78 is 0. The number of urea groups is 1. The van der Waals surface area contributed by atoms with Crippen LogP contribution >= 0.6 is 0 Å². The number of hydrogen-bond donors (Lipinski definition) is 3. The van der Waals surface area contributed by atoms with Gasteiger partial charge in [0.25, 0.3) is 0 Å². The number of carboxylic acids is 1. The number of aliphatic carboxylic acids is 1. The molecule has 0 atom stereocenters. The monoisotopic (exact) mass is 298 g/mol. The van der Waals surface area contributed by atoms with E-state index in [0.717, 1.165) is 12.8 Å². The maximum Gasteiger partial charge on any atom is 0.321 e. The minimum Gasteiger partial charge on any atom is -0.481 e. The van der Waals surface area contributed by atoms with E-state index in [2.05, 4.69) is 17.6 Å². The van der Waals surface area contributed by atoms with Crippen molar-refractivity contribution in [3.05, 3.63) is 0 Å². The Kier molecular flexibility index (Phi) is 5.75. The zero-order valence-corrected chi connectivity index (χ0v) is 13.1. The maximum absolute atomic E-state index is 11.8. The highest BCUT2D eigenvalue weighted by molar-refractivity contribution is 5.94. The fourth-order valence-electron chi connectivity index (χ4n) is 2.82. The first-order valence-corrected chi connectivity index (χ1v) is 7.41. The molecule has 0 heterocycles. The van der Waals surface area contributed by atoms with Crippen LogP contribution in [-0.2, 0) is 9.59 Å². The van der Waals surface area contributed by atoms with Gasteiger partial charge >= 0.3 is 12.0 Å². The lowest BCUT2D eigenvalue weighted by Gasteiger charge is -2.24. The van der Waals surface area contributed by atoms with Gasteiger partial charge in [-0.2, -0.15) is 0 Å². The lowest BCUT2D eigenvalue weighted by atomic mass is 9.85. The second-order valence-corrected chi connectivity index (χ2v) is 7.16. The molecular weight excluding hydrogens is 272 g/mol. The molecule has 6 nitrogen and oxygen atoms in total. The molecule has 1 fully saturated rings. The van der Waals surface area contributed by atoms with Crippen LogP contribution in [0, 0.1) is 10.8 Å². The first kappa shape index (κ1) is 17.5. The topological polar surface area (TPSA) is 95.5 Å². The number of imide groups is 1. The minimum atomic E-state index is -0.952. The standard InChI is InChI=1S/C15H26N2O4/c1-14(2,9-12(19)20)8-11(18)17-13(21)16-10-15(3)6-4-5-7-15/h4-10H2,1-3H3,(H,19,20)(H2,16,17,18,21). The van der Waals surface area contributed by atoms with E-state index in [1.165, 1.54) is 12.8 Å². The lowest BCUT2D eigenvalue weighted by molar-refractivity contribution is -0.139. The van der Waals surface area contributed by atoms with Crippen molar-refractivity contribution in [3.8, 4) is 0 Å². The summed E-state index contributed by atoms with van der Waals surface area (Å²) in [6, 6.07) is -0.501. The van der Waals surface area contributed by atoms with Crippen LogP contribution in [0.15, 0.2) is 0 Å². The van der Waals surface area contributed by atoms with E-state index in [1.807, 2.05) is 0 Å². The number of carbonyl (C=O) groups excluding carboxylic acids is 2. The quantitative estimate of drug-likeness (QED) is 0.701. The molecule has 1 aliphatic carbocycles. The first-order chi connectivity index (χ1) is 9.62. The van der Waals surface area contributed by atoms with Crippen molar-refractivity contribution in [3.63, 3.8) is 0 Å². The number of amides is 3. The third-order valence-corrected chi connectivity index (χ3v) is 4.01. The summed E-state index contributed by atoms with van der Waals surface area (Å²) in [7, 11) is 0. The molecule has 6 heteroatoms. The normalized spacial score (nSPS) is 17.3. The third-order valence-electron chi connectivity index (χ3n) is 4.01. The molecule has 21 heavy (non-hydrogen) atoms. The van der Waals surface area contributed by atoms with Gasteiger partial charge in [0, 0.05) is 13.0 Å². The molecule has 0 spiro atoms. The molecule has 1 saturated carbocycles. The van der Waals surface area contributed by atoms with Crippen LogP contribution in [-0.4, -0.2) is 29.6 Å². The van der Waals surface area contributed by atoms with Crippen LogP contribution in [0.2, 0.25) is 0 Å². The Labute approximate surface area is 125 Å². The van der Waals surface area contributed by atoms with Crippen molar-refractivity contribution in [2.75, 3.05) is 6.54 Å². The van der Waals surface area contributed by atoms with Gasteiger partial charge in [0.2, 0.25) is 5.91 Å².